The van der Waals surface area contributed by atoms with Crippen molar-refractivity contribution in [3.63, 3.8) is 0 Å². The zero-order valence-electron chi connectivity index (χ0n) is 9.92. The molecule has 2 rings (SSSR count). The average Bonchev–Trinajstić information content (AvgIpc) is 2.78. The van der Waals surface area contributed by atoms with E-state index in [1.54, 1.807) is 12.4 Å². The molecule has 5 heteroatoms. The summed E-state index contributed by atoms with van der Waals surface area (Å²) in [7, 11) is 0. The van der Waals surface area contributed by atoms with Crippen LogP contribution in [0.1, 0.15) is 24.8 Å². The lowest BCUT2D eigenvalue weighted by atomic mass is 10.1. The van der Waals surface area contributed by atoms with Gasteiger partial charge in [0.05, 0.1) is 12.5 Å². The molecule has 0 bridgehead atoms. The van der Waals surface area contributed by atoms with E-state index in [0.29, 0.717) is 24.6 Å². The van der Waals surface area contributed by atoms with Crippen LogP contribution >= 0.6 is 0 Å². The number of hydrogen-bond donors (Lipinski definition) is 1. The van der Waals surface area contributed by atoms with Gasteiger partial charge in [0.2, 0.25) is 11.7 Å². The molecule has 0 aromatic carbocycles. The van der Waals surface area contributed by atoms with Crippen molar-refractivity contribution >= 4 is 0 Å². The third-order valence-corrected chi connectivity index (χ3v) is 2.63. The van der Waals surface area contributed by atoms with Crippen molar-refractivity contribution in [1.82, 2.24) is 15.1 Å². The lowest BCUT2D eigenvalue weighted by Crippen LogP contribution is -2.08. The highest BCUT2D eigenvalue weighted by atomic mass is 16.5. The maximum absolute atomic E-state index is 9.51. The van der Waals surface area contributed by atoms with Crippen LogP contribution in [0.4, 0.5) is 0 Å². The molecule has 2 heterocycles. The SMILES string of the molecule is CCC(O)Cc1nc(-c2cnccc2C)no1. The maximum atomic E-state index is 9.51. The minimum atomic E-state index is -0.432. The molecule has 1 atom stereocenters. The molecule has 0 aliphatic carbocycles. The third-order valence-electron chi connectivity index (χ3n) is 2.63. The van der Waals surface area contributed by atoms with Crippen LogP contribution < -0.4 is 0 Å². The Balaban J connectivity index is 2.21. The molecule has 5 nitrogen and oxygen atoms in total. The fourth-order valence-electron chi connectivity index (χ4n) is 1.49. The first kappa shape index (κ1) is 11.7. The van der Waals surface area contributed by atoms with Gasteiger partial charge in [0.25, 0.3) is 0 Å². The molecule has 0 spiro atoms. The fraction of sp³-hybridized carbons (Fsp3) is 0.417. The molecule has 0 saturated carbocycles. The summed E-state index contributed by atoms with van der Waals surface area (Å²) in [6.45, 7) is 3.88. The summed E-state index contributed by atoms with van der Waals surface area (Å²) >= 11 is 0. The zero-order chi connectivity index (χ0) is 12.3. The third kappa shape index (κ3) is 2.68. The molecule has 1 N–H and O–H groups in total. The average molecular weight is 233 g/mol. The number of pyridine rings is 1. The Labute approximate surface area is 99.5 Å². The van der Waals surface area contributed by atoms with E-state index in [2.05, 4.69) is 15.1 Å². The molecule has 0 aliphatic heterocycles. The summed E-state index contributed by atoms with van der Waals surface area (Å²) < 4.78 is 5.10. The topological polar surface area (TPSA) is 72.0 Å². The molecular weight excluding hydrogens is 218 g/mol. The van der Waals surface area contributed by atoms with E-state index in [0.717, 1.165) is 11.1 Å². The predicted molar refractivity (Wildman–Crippen MR) is 62.3 cm³/mol. The van der Waals surface area contributed by atoms with E-state index >= 15 is 0 Å². The molecule has 1 unspecified atom stereocenters. The van der Waals surface area contributed by atoms with Gasteiger partial charge in [0.15, 0.2) is 0 Å². The van der Waals surface area contributed by atoms with Crippen molar-refractivity contribution < 1.29 is 9.63 Å². The normalized spacial score (nSPS) is 12.6. The van der Waals surface area contributed by atoms with Gasteiger partial charge in [-0.25, -0.2) is 0 Å². The van der Waals surface area contributed by atoms with Crippen molar-refractivity contribution in [2.24, 2.45) is 0 Å². The molecule has 0 radical (unpaired) electrons. The maximum Gasteiger partial charge on any atom is 0.229 e. The minimum Gasteiger partial charge on any atom is -0.393 e. The predicted octanol–water partition coefficient (Wildman–Crippen LogP) is 1.75. The second kappa shape index (κ2) is 5.05. The molecule has 90 valence electrons. The van der Waals surface area contributed by atoms with E-state index < -0.39 is 6.10 Å². The number of aryl methyl sites for hydroxylation is 1. The van der Waals surface area contributed by atoms with Crippen molar-refractivity contribution in [1.29, 1.82) is 0 Å². The Morgan fingerprint density at radius 2 is 2.29 bits per heavy atom. The molecule has 2 aromatic rings. The lowest BCUT2D eigenvalue weighted by molar-refractivity contribution is 0.158. The van der Waals surface area contributed by atoms with Crippen LogP contribution in [0.2, 0.25) is 0 Å². The first-order valence-corrected chi connectivity index (χ1v) is 5.62. The van der Waals surface area contributed by atoms with Crippen LogP contribution in [0, 0.1) is 6.92 Å². The van der Waals surface area contributed by atoms with E-state index in [1.165, 1.54) is 0 Å². The largest absolute Gasteiger partial charge is 0.393 e. The first-order chi connectivity index (χ1) is 8.20. The smallest absolute Gasteiger partial charge is 0.229 e. The van der Waals surface area contributed by atoms with Gasteiger partial charge in [-0.2, -0.15) is 4.98 Å². The van der Waals surface area contributed by atoms with Crippen molar-refractivity contribution in [3.8, 4) is 11.4 Å². The molecule has 2 aromatic heterocycles. The van der Waals surface area contributed by atoms with Gasteiger partial charge in [0, 0.05) is 18.0 Å². The summed E-state index contributed by atoms with van der Waals surface area (Å²) in [6.07, 6.45) is 4.06. The molecule has 17 heavy (non-hydrogen) atoms. The van der Waals surface area contributed by atoms with Crippen molar-refractivity contribution in [2.45, 2.75) is 32.8 Å². The Morgan fingerprint density at radius 1 is 1.47 bits per heavy atom. The summed E-state index contributed by atoms with van der Waals surface area (Å²) in [5.41, 5.74) is 1.90. The molecule has 0 saturated heterocycles. The van der Waals surface area contributed by atoms with Crippen LogP contribution in [0.15, 0.2) is 23.0 Å². The monoisotopic (exact) mass is 233 g/mol. The summed E-state index contributed by atoms with van der Waals surface area (Å²) in [5.74, 6) is 0.978. The van der Waals surface area contributed by atoms with Crippen LogP contribution in [-0.2, 0) is 6.42 Å². The van der Waals surface area contributed by atoms with Gasteiger partial charge in [-0.1, -0.05) is 12.1 Å². The fourth-order valence-corrected chi connectivity index (χ4v) is 1.49. The van der Waals surface area contributed by atoms with Crippen LogP contribution in [-0.4, -0.2) is 26.3 Å². The Bertz CT molecular complexity index is 496. The number of rotatable bonds is 4. The minimum absolute atomic E-state index is 0.392. The van der Waals surface area contributed by atoms with Crippen molar-refractivity contribution in [2.75, 3.05) is 0 Å². The van der Waals surface area contributed by atoms with Crippen LogP contribution in [0.3, 0.4) is 0 Å². The Morgan fingerprint density at radius 3 is 3.00 bits per heavy atom. The summed E-state index contributed by atoms with van der Waals surface area (Å²) in [5, 5.41) is 13.4. The standard InChI is InChI=1S/C12H15N3O2/c1-3-9(16)6-11-14-12(15-17-11)10-7-13-5-4-8(10)2/h4-5,7,9,16H,3,6H2,1-2H3. The molecule has 0 fully saturated rings. The first-order valence-electron chi connectivity index (χ1n) is 5.62. The van der Waals surface area contributed by atoms with E-state index in [9.17, 15) is 5.11 Å². The number of aliphatic hydroxyl groups is 1. The van der Waals surface area contributed by atoms with E-state index in [1.807, 2.05) is 19.9 Å². The number of aliphatic hydroxyl groups excluding tert-OH is 1. The summed E-state index contributed by atoms with van der Waals surface area (Å²) in [6, 6.07) is 1.90. The van der Waals surface area contributed by atoms with Gasteiger partial charge in [-0.3, -0.25) is 4.98 Å². The second-order valence-corrected chi connectivity index (χ2v) is 3.97. The van der Waals surface area contributed by atoms with Gasteiger partial charge >= 0.3 is 0 Å². The molecular formula is C12H15N3O2. The number of nitrogens with zero attached hydrogens (tertiary/aromatic N) is 3. The zero-order valence-corrected chi connectivity index (χ0v) is 9.92. The lowest BCUT2D eigenvalue weighted by Gasteiger charge is -2.01. The highest BCUT2D eigenvalue weighted by molar-refractivity contribution is 5.57. The van der Waals surface area contributed by atoms with E-state index in [-0.39, 0.29) is 0 Å². The molecule has 0 amide bonds. The van der Waals surface area contributed by atoms with Crippen LogP contribution in [0.5, 0.6) is 0 Å². The van der Waals surface area contributed by atoms with Gasteiger partial charge < -0.3 is 9.63 Å². The van der Waals surface area contributed by atoms with Crippen molar-refractivity contribution in [3.05, 3.63) is 29.9 Å². The van der Waals surface area contributed by atoms with E-state index in [4.69, 9.17) is 4.52 Å². The van der Waals surface area contributed by atoms with Gasteiger partial charge in [-0.05, 0) is 25.0 Å². The van der Waals surface area contributed by atoms with Gasteiger partial charge in [0.1, 0.15) is 0 Å². The Hall–Kier alpha value is -1.75. The summed E-state index contributed by atoms with van der Waals surface area (Å²) in [4.78, 5) is 8.29. The van der Waals surface area contributed by atoms with Crippen LogP contribution in [0.25, 0.3) is 11.4 Å². The van der Waals surface area contributed by atoms with Gasteiger partial charge in [-0.15, -0.1) is 0 Å². The second-order valence-electron chi connectivity index (χ2n) is 3.97. The quantitative estimate of drug-likeness (QED) is 0.871. The molecule has 0 aliphatic rings. The number of hydrogen-bond acceptors (Lipinski definition) is 5. The highest BCUT2D eigenvalue weighted by Gasteiger charge is 2.13. The Kier molecular flexibility index (Phi) is 3.49. The highest BCUT2D eigenvalue weighted by Crippen LogP contribution is 2.19. The number of aromatic nitrogens is 3.